The van der Waals surface area contributed by atoms with Crippen LogP contribution >= 0.6 is 0 Å². The van der Waals surface area contributed by atoms with E-state index in [1.807, 2.05) is 6.92 Å². The lowest BCUT2D eigenvalue weighted by Crippen LogP contribution is -2.17. The van der Waals surface area contributed by atoms with Crippen molar-refractivity contribution in [2.75, 3.05) is 0 Å². The Hall–Kier alpha value is -1.11. The van der Waals surface area contributed by atoms with Gasteiger partial charge in [0.2, 0.25) is 0 Å². The van der Waals surface area contributed by atoms with Crippen molar-refractivity contribution in [3.8, 4) is 0 Å². The predicted octanol–water partition coefficient (Wildman–Crippen LogP) is 1.34. The van der Waals surface area contributed by atoms with Gasteiger partial charge in [0.15, 0.2) is 5.69 Å². The minimum atomic E-state index is -4.43. The van der Waals surface area contributed by atoms with Gasteiger partial charge in [-0.25, -0.2) is 4.68 Å². The monoisotopic (exact) mass is 220 g/mol. The van der Waals surface area contributed by atoms with Crippen LogP contribution in [0.25, 0.3) is 0 Å². The van der Waals surface area contributed by atoms with Crippen LogP contribution in [0.2, 0.25) is 0 Å². The topological polar surface area (TPSA) is 56.7 Å². The molecule has 0 spiro atoms. The number of nitrogens with two attached hydrogens (primary N) is 1. The summed E-state index contributed by atoms with van der Waals surface area (Å²) in [5, 5.41) is 7.00. The third kappa shape index (κ3) is 1.71. The maximum Gasteiger partial charge on any atom is 0.434 e. The highest BCUT2D eigenvalue weighted by atomic mass is 19.4. The van der Waals surface area contributed by atoms with Crippen LogP contribution in [-0.4, -0.2) is 15.0 Å². The van der Waals surface area contributed by atoms with Gasteiger partial charge < -0.3 is 5.73 Å². The lowest BCUT2D eigenvalue weighted by molar-refractivity contribution is -0.145. The van der Waals surface area contributed by atoms with Crippen LogP contribution in [-0.2, 0) is 12.7 Å². The van der Waals surface area contributed by atoms with Gasteiger partial charge in [-0.05, 0) is 12.3 Å². The second kappa shape index (κ2) is 3.19. The Labute approximate surface area is 84.2 Å². The third-order valence-corrected chi connectivity index (χ3v) is 2.61. The Morgan fingerprint density at radius 2 is 2.13 bits per heavy atom. The van der Waals surface area contributed by atoms with Gasteiger partial charge >= 0.3 is 6.18 Å². The molecule has 0 aliphatic heterocycles. The van der Waals surface area contributed by atoms with Gasteiger partial charge in [0, 0.05) is 6.54 Å². The van der Waals surface area contributed by atoms with E-state index in [0.29, 0.717) is 0 Å². The lowest BCUT2D eigenvalue weighted by atomic mass is 10.3. The third-order valence-electron chi connectivity index (χ3n) is 2.61. The van der Waals surface area contributed by atoms with Gasteiger partial charge in [-0.1, -0.05) is 12.1 Å². The van der Waals surface area contributed by atoms with Crippen molar-refractivity contribution in [1.82, 2.24) is 15.0 Å². The fraction of sp³-hybridized carbons (Fsp3) is 0.750. The molecule has 1 saturated carbocycles. The molecule has 1 fully saturated rings. The van der Waals surface area contributed by atoms with Crippen molar-refractivity contribution in [2.45, 2.75) is 32.1 Å². The summed E-state index contributed by atoms with van der Waals surface area (Å²) >= 11 is 0. The number of aromatic nitrogens is 3. The maximum absolute atomic E-state index is 12.7. The molecule has 0 radical (unpaired) electrons. The van der Waals surface area contributed by atoms with Crippen LogP contribution in [0, 0.1) is 5.92 Å². The van der Waals surface area contributed by atoms with E-state index in [9.17, 15) is 13.2 Å². The number of rotatable bonds is 2. The summed E-state index contributed by atoms with van der Waals surface area (Å²) in [5.74, 6) is 0.235. The molecule has 0 aromatic carbocycles. The second-order valence-electron chi connectivity index (χ2n) is 3.81. The number of nitrogens with zero attached hydrogens (tertiary/aromatic N) is 3. The number of hydrogen-bond acceptors (Lipinski definition) is 3. The lowest BCUT2D eigenvalue weighted by Gasteiger charge is -2.09. The summed E-state index contributed by atoms with van der Waals surface area (Å²) < 4.78 is 39.0. The Balaban J connectivity index is 2.43. The molecule has 0 amide bonds. The molecule has 2 unspecified atom stereocenters. The average molecular weight is 220 g/mol. The molecule has 4 nitrogen and oxygen atoms in total. The van der Waals surface area contributed by atoms with Crippen LogP contribution < -0.4 is 5.73 Å². The van der Waals surface area contributed by atoms with Crippen molar-refractivity contribution in [3.05, 3.63) is 11.4 Å². The zero-order chi connectivity index (χ0) is 11.2. The molecule has 2 atom stereocenters. The highest BCUT2D eigenvalue weighted by molar-refractivity contribution is 5.16. The highest BCUT2D eigenvalue weighted by Gasteiger charge is 2.45. The minimum absolute atomic E-state index is 0.172. The standard InChI is InChI=1S/C8H11F3N4/c1-4-2-6(4)15-7(8(9,10)11)5(3-12)13-14-15/h4,6H,2-3,12H2,1H3. The van der Waals surface area contributed by atoms with Gasteiger partial charge in [0.05, 0.1) is 6.04 Å². The van der Waals surface area contributed by atoms with E-state index in [1.54, 1.807) is 0 Å². The van der Waals surface area contributed by atoms with E-state index < -0.39 is 11.9 Å². The molecular weight excluding hydrogens is 209 g/mol. The van der Waals surface area contributed by atoms with Crippen molar-refractivity contribution in [3.63, 3.8) is 0 Å². The summed E-state index contributed by atoms with van der Waals surface area (Å²) in [4.78, 5) is 0. The zero-order valence-electron chi connectivity index (χ0n) is 8.12. The Bertz CT molecular complexity index is 370. The van der Waals surface area contributed by atoms with E-state index >= 15 is 0 Å². The number of halogens is 3. The fourth-order valence-corrected chi connectivity index (χ4v) is 1.63. The average Bonchev–Trinajstić information content (AvgIpc) is 2.70. The number of alkyl halides is 3. The summed E-state index contributed by atoms with van der Waals surface area (Å²) in [5.41, 5.74) is 4.23. The molecule has 0 bridgehead atoms. The molecule has 1 heterocycles. The highest BCUT2D eigenvalue weighted by Crippen LogP contribution is 2.45. The minimum Gasteiger partial charge on any atom is -0.325 e. The van der Waals surface area contributed by atoms with E-state index in [4.69, 9.17) is 5.73 Å². The van der Waals surface area contributed by atoms with E-state index in [-0.39, 0.29) is 24.2 Å². The first-order valence-corrected chi connectivity index (χ1v) is 4.66. The van der Waals surface area contributed by atoms with Gasteiger partial charge in [-0.3, -0.25) is 0 Å². The van der Waals surface area contributed by atoms with Gasteiger partial charge in [-0.2, -0.15) is 13.2 Å². The molecule has 0 saturated heterocycles. The molecule has 2 N–H and O–H groups in total. The smallest absolute Gasteiger partial charge is 0.325 e. The van der Waals surface area contributed by atoms with Gasteiger partial charge in [0.1, 0.15) is 5.69 Å². The summed E-state index contributed by atoms with van der Waals surface area (Å²) in [6.45, 7) is 1.64. The normalized spacial score (nSPS) is 25.7. The van der Waals surface area contributed by atoms with Gasteiger partial charge in [0.25, 0.3) is 0 Å². The first kappa shape index (κ1) is 10.4. The Kier molecular flexibility index (Phi) is 2.22. The maximum atomic E-state index is 12.7. The molecule has 1 aliphatic carbocycles. The summed E-state index contributed by atoms with van der Waals surface area (Å²) in [6, 6.07) is -0.172. The van der Waals surface area contributed by atoms with Crippen LogP contribution in [0.4, 0.5) is 13.2 Å². The first-order valence-electron chi connectivity index (χ1n) is 4.66. The van der Waals surface area contributed by atoms with E-state index in [1.165, 1.54) is 0 Å². The Morgan fingerprint density at radius 1 is 1.53 bits per heavy atom. The van der Waals surface area contributed by atoms with Crippen LogP contribution in [0.5, 0.6) is 0 Å². The first-order chi connectivity index (χ1) is 6.95. The quantitative estimate of drug-likeness (QED) is 0.818. The summed E-state index contributed by atoms with van der Waals surface area (Å²) in [6.07, 6.45) is -3.71. The van der Waals surface area contributed by atoms with Crippen LogP contribution in [0.1, 0.15) is 30.8 Å². The molecule has 2 rings (SSSR count). The van der Waals surface area contributed by atoms with Crippen molar-refractivity contribution in [2.24, 2.45) is 11.7 Å². The van der Waals surface area contributed by atoms with Crippen LogP contribution in [0.3, 0.4) is 0 Å². The zero-order valence-corrected chi connectivity index (χ0v) is 8.12. The van der Waals surface area contributed by atoms with Crippen molar-refractivity contribution >= 4 is 0 Å². The molecule has 84 valence electrons. The molecular formula is C8H11F3N4. The molecule has 1 aromatic rings. The van der Waals surface area contributed by atoms with Crippen molar-refractivity contribution < 1.29 is 13.2 Å². The SMILES string of the molecule is CC1CC1n1nnc(CN)c1C(F)(F)F. The van der Waals surface area contributed by atoms with Crippen LogP contribution in [0.15, 0.2) is 0 Å². The molecule has 7 heteroatoms. The summed E-state index contributed by atoms with van der Waals surface area (Å²) in [7, 11) is 0. The second-order valence-corrected chi connectivity index (χ2v) is 3.81. The largest absolute Gasteiger partial charge is 0.434 e. The Morgan fingerprint density at radius 3 is 2.53 bits per heavy atom. The predicted molar refractivity (Wildman–Crippen MR) is 45.7 cm³/mol. The fourth-order valence-electron chi connectivity index (χ4n) is 1.63. The molecule has 15 heavy (non-hydrogen) atoms. The molecule has 1 aliphatic rings. The van der Waals surface area contributed by atoms with Gasteiger partial charge in [-0.15, -0.1) is 5.10 Å². The number of hydrogen-bond donors (Lipinski definition) is 1. The molecule has 1 aromatic heterocycles. The van der Waals surface area contributed by atoms with E-state index in [0.717, 1.165) is 11.1 Å². The van der Waals surface area contributed by atoms with E-state index in [2.05, 4.69) is 10.3 Å². The van der Waals surface area contributed by atoms with Crippen molar-refractivity contribution in [1.29, 1.82) is 0 Å².